The van der Waals surface area contributed by atoms with Gasteiger partial charge in [0.1, 0.15) is 5.75 Å². The molecule has 1 fully saturated rings. The Morgan fingerprint density at radius 3 is 2.68 bits per heavy atom. The minimum Gasteiger partial charge on any atom is -0.508 e. The number of halogens is 1. The van der Waals surface area contributed by atoms with Gasteiger partial charge in [-0.15, -0.1) is 0 Å². The van der Waals surface area contributed by atoms with Gasteiger partial charge in [-0.1, -0.05) is 35.7 Å². The fourth-order valence-corrected chi connectivity index (χ4v) is 3.18. The normalized spacial score (nSPS) is 19.5. The van der Waals surface area contributed by atoms with Crippen LogP contribution in [0.15, 0.2) is 22.7 Å². The van der Waals surface area contributed by atoms with E-state index in [0.717, 1.165) is 42.1 Å². The number of benzene rings is 1. The molecule has 0 saturated heterocycles. The zero-order valence-corrected chi connectivity index (χ0v) is 12.9. The Morgan fingerprint density at radius 2 is 2.05 bits per heavy atom. The van der Waals surface area contributed by atoms with Crippen LogP contribution in [0.5, 0.6) is 5.75 Å². The molecule has 3 N–H and O–H groups in total. The van der Waals surface area contributed by atoms with Gasteiger partial charge in [0.15, 0.2) is 0 Å². The van der Waals surface area contributed by atoms with Gasteiger partial charge >= 0.3 is 0 Å². The van der Waals surface area contributed by atoms with Gasteiger partial charge in [-0.05, 0) is 37.5 Å². The molecule has 0 aliphatic heterocycles. The Kier molecular flexibility index (Phi) is 4.87. The third-order valence-corrected chi connectivity index (χ3v) is 4.48. The second kappa shape index (κ2) is 6.25. The number of aliphatic hydroxyl groups is 1. The molecule has 0 bridgehead atoms. The number of nitrogens with one attached hydrogen (secondary N) is 1. The summed E-state index contributed by atoms with van der Waals surface area (Å²) in [5.41, 5.74) is 0.327. The number of phenolic OH excluding ortho intramolecular Hbond substituents is 1. The number of hydrogen-bond donors (Lipinski definition) is 3. The summed E-state index contributed by atoms with van der Waals surface area (Å²) < 4.78 is 0.958. The molecule has 0 amide bonds. The summed E-state index contributed by atoms with van der Waals surface area (Å²) in [5, 5.41) is 23.7. The Hall–Kier alpha value is -0.580. The molecule has 1 atom stereocenters. The standard InChI is InChI=1S/C15H22BrNO2/c1-2-13(12-9-11(16)5-6-14(12)18)17-10-15(19)7-3-4-8-15/h5-6,9,13,17-19H,2-4,7-8,10H2,1H3. The quantitative estimate of drug-likeness (QED) is 0.775. The average molecular weight is 328 g/mol. The van der Waals surface area contributed by atoms with Gasteiger partial charge < -0.3 is 15.5 Å². The molecule has 1 aliphatic rings. The van der Waals surface area contributed by atoms with Crippen molar-refractivity contribution in [1.82, 2.24) is 5.32 Å². The van der Waals surface area contributed by atoms with Crippen LogP contribution in [0.1, 0.15) is 50.6 Å². The molecule has 0 aromatic heterocycles. The first kappa shape index (κ1) is 14.8. The molecule has 0 radical (unpaired) electrons. The highest BCUT2D eigenvalue weighted by Crippen LogP contribution is 2.32. The van der Waals surface area contributed by atoms with E-state index in [9.17, 15) is 10.2 Å². The summed E-state index contributed by atoms with van der Waals surface area (Å²) >= 11 is 3.43. The highest BCUT2D eigenvalue weighted by Gasteiger charge is 2.31. The van der Waals surface area contributed by atoms with Crippen molar-refractivity contribution in [3.05, 3.63) is 28.2 Å². The first-order valence-electron chi connectivity index (χ1n) is 6.98. The minimum absolute atomic E-state index is 0.0714. The largest absolute Gasteiger partial charge is 0.508 e. The van der Waals surface area contributed by atoms with E-state index in [1.54, 1.807) is 6.07 Å². The Bertz CT molecular complexity index is 430. The van der Waals surface area contributed by atoms with Crippen LogP contribution in [-0.2, 0) is 0 Å². The third kappa shape index (κ3) is 3.71. The van der Waals surface area contributed by atoms with Crippen LogP contribution in [-0.4, -0.2) is 22.4 Å². The van der Waals surface area contributed by atoms with E-state index in [1.807, 2.05) is 12.1 Å². The van der Waals surface area contributed by atoms with Crippen LogP contribution < -0.4 is 5.32 Å². The van der Waals surface area contributed by atoms with Crippen LogP contribution in [0.4, 0.5) is 0 Å². The summed E-state index contributed by atoms with van der Waals surface area (Å²) in [6, 6.07) is 5.54. The van der Waals surface area contributed by atoms with E-state index < -0.39 is 5.60 Å². The van der Waals surface area contributed by atoms with Gasteiger partial charge in [0.2, 0.25) is 0 Å². The molecule has 1 aromatic carbocycles. The number of phenols is 1. The lowest BCUT2D eigenvalue weighted by atomic mass is 9.99. The highest BCUT2D eigenvalue weighted by atomic mass is 79.9. The van der Waals surface area contributed by atoms with E-state index in [1.165, 1.54) is 0 Å². The Labute approximate surface area is 123 Å². The lowest BCUT2D eigenvalue weighted by Crippen LogP contribution is -2.39. The molecule has 1 aliphatic carbocycles. The maximum atomic E-state index is 10.4. The van der Waals surface area contributed by atoms with E-state index in [0.29, 0.717) is 12.3 Å². The summed E-state index contributed by atoms with van der Waals surface area (Å²) in [6.07, 6.45) is 4.84. The predicted octanol–water partition coefficient (Wildman–Crippen LogP) is 3.50. The van der Waals surface area contributed by atoms with Crippen molar-refractivity contribution in [3.63, 3.8) is 0 Å². The number of rotatable bonds is 5. The van der Waals surface area contributed by atoms with Crippen molar-refractivity contribution in [2.24, 2.45) is 0 Å². The van der Waals surface area contributed by atoms with Crippen molar-refractivity contribution in [3.8, 4) is 5.75 Å². The van der Waals surface area contributed by atoms with Gasteiger partial charge in [-0.2, -0.15) is 0 Å². The maximum absolute atomic E-state index is 10.4. The van der Waals surface area contributed by atoms with Crippen molar-refractivity contribution in [2.75, 3.05) is 6.54 Å². The highest BCUT2D eigenvalue weighted by molar-refractivity contribution is 9.10. The molecule has 1 saturated carbocycles. The van der Waals surface area contributed by atoms with E-state index in [2.05, 4.69) is 28.2 Å². The molecular formula is C15H22BrNO2. The van der Waals surface area contributed by atoms with Crippen LogP contribution in [0.3, 0.4) is 0 Å². The molecule has 0 heterocycles. The van der Waals surface area contributed by atoms with Gasteiger partial charge in [0.25, 0.3) is 0 Å². The average Bonchev–Trinajstić information content (AvgIpc) is 2.81. The zero-order chi connectivity index (χ0) is 13.9. The lowest BCUT2D eigenvalue weighted by Gasteiger charge is -2.27. The molecule has 3 nitrogen and oxygen atoms in total. The fraction of sp³-hybridized carbons (Fsp3) is 0.600. The topological polar surface area (TPSA) is 52.5 Å². The maximum Gasteiger partial charge on any atom is 0.120 e. The third-order valence-electron chi connectivity index (χ3n) is 3.99. The summed E-state index contributed by atoms with van der Waals surface area (Å²) in [4.78, 5) is 0. The van der Waals surface area contributed by atoms with Gasteiger partial charge in [-0.3, -0.25) is 0 Å². The molecular weight excluding hydrogens is 306 g/mol. The van der Waals surface area contributed by atoms with Gasteiger partial charge in [-0.25, -0.2) is 0 Å². The predicted molar refractivity (Wildman–Crippen MR) is 80.3 cm³/mol. The first-order chi connectivity index (χ1) is 9.04. The fourth-order valence-electron chi connectivity index (χ4n) is 2.80. The monoisotopic (exact) mass is 327 g/mol. The number of aromatic hydroxyl groups is 1. The van der Waals surface area contributed by atoms with Crippen LogP contribution in [0, 0.1) is 0 Å². The van der Waals surface area contributed by atoms with E-state index in [4.69, 9.17) is 0 Å². The zero-order valence-electron chi connectivity index (χ0n) is 11.3. The van der Waals surface area contributed by atoms with Crippen molar-refractivity contribution in [2.45, 2.75) is 50.7 Å². The second-order valence-corrected chi connectivity index (χ2v) is 6.39. The van der Waals surface area contributed by atoms with Gasteiger partial charge in [0.05, 0.1) is 5.60 Å². The van der Waals surface area contributed by atoms with Crippen molar-refractivity contribution in [1.29, 1.82) is 0 Å². The molecule has 0 spiro atoms. The number of hydrogen-bond acceptors (Lipinski definition) is 3. The van der Waals surface area contributed by atoms with E-state index >= 15 is 0 Å². The summed E-state index contributed by atoms with van der Waals surface area (Å²) in [7, 11) is 0. The summed E-state index contributed by atoms with van der Waals surface area (Å²) in [6.45, 7) is 2.67. The smallest absolute Gasteiger partial charge is 0.120 e. The molecule has 1 aromatic rings. The van der Waals surface area contributed by atoms with Crippen LogP contribution in [0.25, 0.3) is 0 Å². The Balaban J connectivity index is 2.05. The SMILES string of the molecule is CCC(NCC1(O)CCCC1)c1cc(Br)ccc1O. The van der Waals surface area contributed by atoms with Crippen molar-refractivity contribution < 1.29 is 10.2 Å². The van der Waals surface area contributed by atoms with Gasteiger partial charge in [0, 0.05) is 22.6 Å². The summed E-state index contributed by atoms with van der Waals surface area (Å²) in [5.74, 6) is 0.306. The van der Waals surface area contributed by atoms with Crippen molar-refractivity contribution >= 4 is 15.9 Å². The molecule has 19 heavy (non-hydrogen) atoms. The molecule has 1 unspecified atom stereocenters. The first-order valence-corrected chi connectivity index (χ1v) is 7.77. The second-order valence-electron chi connectivity index (χ2n) is 5.48. The van der Waals surface area contributed by atoms with Crippen LogP contribution in [0.2, 0.25) is 0 Å². The molecule has 2 rings (SSSR count). The van der Waals surface area contributed by atoms with Crippen LogP contribution >= 0.6 is 15.9 Å². The van der Waals surface area contributed by atoms with E-state index in [-0.39, 0.29) is 6.04 Å². The molecule has 106 valence electrons. The lowest BCUT2D eigenvalue weighted by molar-refractivity contribution is 0.0445. The molecule has 4 heteroatoms. The Morgan fingerprint density at radius 1 is 1.37 bits per heavy atom. The minimum atomic E-state index is -0.560.